The molecule has 208 valence electrons. The van der Waals surface area contributed by atoms with Crippen molar-refractivity contribution in [1.82, 2.24) is 14.1 Å². The van der Waals surface area contributed by atoms with Crippen LogP contribution in [0.1, 0.15) is 49.3 Å². The monoisotopic (exact) mass is 569 g/mol. The zero-order valence-electron chi connectivity index (χ0n) is 24.2. The molecular formula is C33H39N3O2SSi. The fourth-order valence-corrected chi connectivity index (χ4v) is 10.5. The summed E-state index contributed by atoms with van der Waals surface area (Å²) < 4.78 is 3.35. The molecule has 7 heteroatoms. The molecule has 3 aromatic carbocycles. The molecule has 0 radical (unpaired) electrons. The smallest absolute Gasteiger partial charge is 0.224 e. The van der Waals surface area contributed by atoms with E-state index in [1.807, 2.05) is 36.0 Å². The molecule has 0 spiro atoms. The van der Waals surface area contributed by atoms with E-state index in [0.717, 1.165) is 16.7 Å². The number of hydrogen-bond acceptors (Lipinski definition) is 4. The standard InChI is InChI=1S/C33H39N3O2SSi/c1-32(2,3)40(5,6)36-30(38)28(29(37)27-22-35(4)23-34-27)31(36)39-33(24-16-10-7-11-17-24,25-18-12-8-13-19-25)26-20-14-9-15-21-26/h7-23,28-29,31,37H,1-6H3. The lowest BCUT2D eigenvalue weighted by Crippen LogP contribution is -2.73. The molecular weight excluding hydrogens is 531 g/mol. The number of thioether (sulfide) groups is 1. The first kappa shape index (κ1) is 28.4. The van der Waals surface area contributed by atoms with E-state index in [1.54, 1.807) is 18.1 Å². The van der Waals surface area contributed by atoms with Gasteiger partial charge in [0.15, 0.2) is 8.24 Å². The fraction of sp³-hybridized carbons (Fsp3) is 0.333. The lowest BCUT2D eigenvalue weighted by atomic mass is 9.84. The van der Waals surface area contributed by atoms with Gasteiger partial charge in [-0.1, -0.05) is 125 Å². The van der Waals surface area contributed by atoms with Gasteiger partial charge in [-0.25, -0.2) is 4.98 Å². The van der Waals surface area contributed by atoms with Crippen LogP contribution in [0.5, 0.6) is 0 Å². The molecule has 4 aromatic rings. The van der Waals surface area contributed by atoms with E-state index in [0.29, 0.717) is 5.69 Å². The second kappa shape index (κ2) is 10.7. The van der Waals surface area contributed by atoms with E-state index < -0.39 is 25.0 Å². The molecule has 0 saturated carbocycles. The van der Waals surface area contributed by atoms with Crippen LogP contribution in [-0.4, -0.2) is 38.7 Å². The van der Waals surface area contributed by atoms with Crippen molar-refractivity contribution in [2.75, 3.05) is 0 Å². The molecule has 3 atom stereocenters. The third-order valence-electron chi connectivity index (χ3n) is 8.73. The van der Waals surface area contributed by atoms with E-state index in [-0.39, 0.29) is 16.3 Å². The lowest BCUT2D eigenvalue weighted by molar-refractivity contribution is -0.150. The van der Waals surface area contributed by atoms with Gasteiger partial charge in [0.2, 0.25) is 5.91 Å². The maximum absolute atomic E-state index is 14.1. The summed E-state index contributed by atoms with van der Waals surface area (Å²) in [5.41, 5.74) is 3.94. The molecule has 3 unspecified atom stereocenters. The van der Waals surface area contributed by atoms with Gasteiger partial charge in [-0.3, -0.25) is 4.79 Å². The molecule has 1 fully saturated rings. The summed E-state index contributed by atoms with van der Waals surface area (Å²) in [6.45, 7) is 11.2. The van der Waals surface area contributed by atoms with Crippen LogP contribution in [0.25, 0.3) is 0 Å². The summed E-state index contributed by atoms with van der Waals surface area (Å²) >= 11 is 1.78. The normalized spacial score (nSPS) is 18.9. The number of aromatic nitrogens is 2. The molecule has 40 heavy (non-hydrogen) atoms. The summed E-state index contributed by atoms with van der Waals surface area (Å²) in [5.74, 6) is -0.588. The number of aliphatic hydroxyl groups excluding tert-OH is 1. The van der Waals surface area contributed by atoms with Crippen LogP contribution >= 0.6 is 11.8 Å². The van der Waals surface area contributed by atoms with Crippen molar-refractivity contribution in [3.8, 4) is 0 Å². The third kappa shape index (κ3) is 4.74. The molecule has 5 rings (SSSR count). The van der Waals surface area contributed by atoms with Gasteiger partial charge >= 0.3 is 0 Å². The van der Waals surface area contributed by atoms with Crippen LogP contribution in [0.3, 0.4) is 0 Å². The van der Waals surface area contributed by atoms with Crippen LogP contribution in [0.4, 0.5) is 0 Å². The quantitative estimate of drug-likeness (QED) is 0.141. The Morgan fingerprint density at radius 1 is 0.850 bits per heavy atom. The van der Waals surface area contributed by atoms with Crippen molar-refractivity contribution in [2.45, 2.75) is 55.1 Å². The van der Waals surface area contributed by atoms with Crippen LogP contribution in [0.15, 0.2) is 104 Å². The van der Waals surface area contributed by atoms with Gasteiger partial charge < -0.3 is 14.2 Å². The first-order valence-electron chi connectivity index (χ1n) is 13.8. The predicted octanol–water partition coefficient (Wildman–Crippen LogP) is 6.97. The Morgan fingerprint density at radius 2 is 1.30 bits per heavy atom. The first-order chi connectivity index (χ1) is 19.0. The summed E-state index contributed by atoms with van der Waals surface area (Å²) in [7, 11) is -0.427. The number of amides is 1. The van der Waals surface area contributed by atoms with Crippen LogP contribution in [0.2, 0.25) is 18.1 Å². The molecule has 1 aliphatic rings. The number of imidazole rings is 1. The van der Waals surface area contributed by atoms with Gasteiger partial charge in [0.05, 0.1) is 28.1 Å². The number of hydrogen-bond donors (Lipinski definition) is 1. The molecule has 1 aliphatic heterocycles. The predicted molar refractivity (Wildman–Crippen MR) is 166 cm³/mol. The fourth-order valence-electron chi connectivity index (χ4n) is 5.53. The highest BCUT2D eigenvalue weighted by Crippen LogP contribution is 2.58. The molecule has 1 amide bonds. The average Bonchev–Trinajstić information content (AvgIpc) is 3.38. The van der Waals surface area contributed by atoms with Crippen molar-refractivity contribution >= 4 is 25.9 Å². The Hall–Kier alpha value is -3.13. The summed E-state index contributed by atoms with van der Waals surface area (Å²) in [6, 6.07) is 31.6. The molecule has 0 aliphatic carbocycles. The van der Waals surface area contributed by atoms with E-state index in [9.17, 15) is 9.90 Å². The lowest BCUT2D eigenvalue weighted by Gasteiger charge is -2.60. The van der Waals surface area contributed by atoms with Crippen molar-refractivity contribution in [1.29, 1.82) is 0 Å². The van der Waals surface area contributed by atoms with Crippen molar-refractivity contribution in [2.24, 2.45) is 13.0 Å². The highest BCUT2D eigenvalue weighted by molar-refractivity contribution is 8.01. The number of benzene rings is 3. The number of aryl methyl sites for hydroxylation is 1. The maximum atomic E-state index is 14.1. The van der Waals surface area contributed by atoms with E-state index in [4.69, 9.17) is 0 Å². The highest BCUT2D eigenvalue weighted by Gasteiger charge is 2.62. The second-order valence-corrected chi connectivity index (χ2v) is 18.7. The van der Waals surface area contributed by atoms with Gasteiger partial charge in [-0.2, -0.15) is 0 Å². The Bertz CT molecular complexity index is 1350. The average molecular weight is 570 g/mol. The SMILES string of the molecule is Cn1cnc(C(O)C2C(=O)N([Si](C)(C)C(C)(C)C)C2SC(c2ccccc2)(c2ccccc2)c2ccccc2)c1. The number of β-lactam (4-membered cyclic amide) rings is 1. The third-order valence-corrected chi connectivity index (χ3v) is 16.1. The molecule has 1 saturated heterocycles. The van der Waals surface area contributed by atoms with Gasteiger partial charge in [-0.05, 0) is 21.7 Å². The minimum atomic E-state index is -2.31. The number of rotatable bonds is 8. The summed E-state index contributed by atoms with van der Waals surface area (Å²) in [6.07, 6.45) is 2.50. The largest absolute Gasteiger partial charge is 0.386 e. The second-order valence-electron chi connectivity index (χ2n) is 12.2. The first-order valence-corrected chi connectivity index (χ1v) is 17.6. The molecule has 0 bridgehead atoms. The number of carbonyl (C=O) groups excluding carboxylic acids is 1. The van der Waals surface area contributed by atoms with Gasteiger partial charge in [0.1, 0.15) is 6.10 Å². The highest BCUT2D eigenvalue weighted by atomic mass is 32.2. The molecule has 5 nitrogen and oxygen atoms in total. The number of carbonyl (C=O) groups is 1. The van der Waals surface area contributed by atoms with Gasteiger partial charge in [-0.15, -0.1) is 11.8 Å². The van der Waals surface area contributed by atoms with Crippen molar-refractivity contribution in [3.05, 3.63) is 126 Å². The Labute approximate surface area is 243 Å². The van der Waals surface area contributed by atoms with Crippen LogP contribution < -0.4 is 0 Å². The van der Waals surface area contributed by atoms with Crippen molar-refractivity contribution < 1.29 is 9.90 Å². The van der Waals surface area contributed by atoms with Crippen LogP contribution in [0, 0.1) is 5.92 Å². The summed E-state index contributed by atoms with van der Waals surface area (Å²) in [5, 5.41) is 11.4. The van der Waals surface area contributed by atoms with E-state index >= 15 is 0 Å². The zero-order valence-corrected chi connectivity index (χ0v) is 26.0. The topological polar surface area (TPSA) is 58.4 Å². The van der Waals surface area contributed by atoms with E-state index in [1.165, 1.54) is 0 Å². The Morgan fingerprint density at radius 3 is 1.68 bits per heavy atom. The molecule has 1 aromatic heterocycles. The van der Waals surface area contributed by atoms with Crippen molar-refractivity contribution in [3.63, 3.8) is 0 Å². The maximum Gasteiger partial charge on any atom is 0.224 e. The minimum absolute atomic E-state index is 0.0188. The van der Waals surface area contributed by atoms with Gasteiger partial charge in [0.25, 0.3) is 0 Å². The van der Waals surface area contributed by atoms with Crippen LogP contribution in [-0.2, 0) is 16.6 Å². The molecule has 2 heterocycles. The summed E-state index contributed by atoms with van der Waals surface area (Å²) in [4.78, 5) is 18.6. The van der Waals surface area contributed by atoms with Gasteiger partial charge in [0, 0.05) is 13.2 Å². The Balaban J connectivity index is 1.72. The zero-order chi connectivity index (χ0) is 28.7. The number of nitrogens with zero attached hydrogens (tertiary/aromatic N) is 3. The number of aliphatic hydroxyl groups is 1. The van der Waals surface area contributed by atoms with E-state index in [2.05, 4.69) is 116 Å². The minimum Gasteiger partial charge on any atom is -0.386 e. The molecule has 1 N–H and O–H groups in total. The Kier molecular flexibility index (Phi) is 7.59.